The molecule has 1 aliphatic carbocycles. The van der Waals surface area contributed by atoms with Crippen LogP contribution in [0.5, 0.6) is 5.88 Å². The molecule has 3 rings (SSSR count). The Bertz CT molecular complexity index is 885. The summed E-state index contributed by atoms with van der Waals surface area (Å²) in [6, 6.07) is 1.39. The van der Waals surface area contributed by atoms with Crippen LogP contribution in [0.1, 0.15) is 68.8 Å². The van der Waals surface area contributed by atoms with E-state index >= 15 is 0 Å². The summed E-state index contributed by atoms with van der Waals surface area (Å²) < 4.78 is 6.18. The molecule has 7 heteroatoms. The van der Waals surface area contributed by atoms with Gasteiger partial charge in [0.25, 0.3) is 5.91 Å². The highest BCUT2D eigenvalue weighted by Gasteiger charge is 2.34. The predicted molar refractivity (Wildman–Crippen MR) is 122 cm³/mol. The highest BCUT2D eigenvalue weighted by Crippen LogP contribution is 2.28. The molecule has 0 saturated heterocycles. The third kappa shape index (κ3) is 5.80. The van der Waals surface area contributed by atoms with Crippen LogP contribution in [0.4, 0.5) is 0 Å². The number of hydrogen-bond donors (Lipinski definition) is 1. The van der Waals surface area contributed by atoms with E-state index < -0.39 is 0 Å². The number of carbonyl (C=O) groups excluding carboxylic acids is 2. The van der Waals surface area contributed by atoms with Gasteiger partial charge in [0.1, 0.15) is 11.7 Å². The molecule has 0 bridgehead atoms. The summed E-state index contributed by atoms with van der Waals surface area (Å²) in [6.07, 6.45) is 7.23. The van der Waals surface area contributed by atoms with Gasteiger partial charge in [0.15, 0.2) is 0 Å². The number of aromatic nitrogens is 1. The van der Waals surface area contributed by atoms with Crippen molar-refractivity contribution >= 4 is 11.8 Å². The molecule has 0 unspecified atom stereocenters. The molecule has 0 aromatic carbocycles. The first-order valence-electron chi connectivity index (χ1n) is 11.6. The monoisotopic (exact) mass is 441 g/mol. The number of rotatable bonds is 5. The van der Waals surface area contributed by atoms with Gasteiger partial charge in [-0.15, -0.1) is 0 Å². The van der Waals surface area contributed by atoms with Gasteiger partial charge < -0.3 is 19.6 Å². The molecular formula is C25H35N3O4. The van der Waals surface area contributed by atoms with Crippen molar-refractivity contribution in [1.29, 1.82) is 0 Å². The van der Waals surface area contributed by atoms with E-state index in [0.717, 1.165) is 6.42 Å². The van der Waals surface area contributed by atoms with Crippen molar-refractivity contribution in [2.45, 2.75) is 65.0 Å². The molecule has 2 amide bonds. The van der Waals surface area contributed by atoms with Gasteiger partial charge in [0.05, 0.1) is 19.2 Å². The van der Waals surface area contributed by atoms with Crippen LogP contribution in [0.3, 0.4) is 0 Å². The van der Waals surface area contributed by atoms with Gasteiger partial charge in [0, 0.05) is 44.6 Å². The number of amides is 2. The van der Waals surface area contributed by atoms with Crippen molar-refractivity contribution in [3.8, 4) is 17.7 Å². The normalized spacial score (nSPS) is 22.2. The summed E-state index contributed by atoms with van der Waals surface area (Å²) in [7, 11) is 1.73. The molecule has 1 aromatic rings. The SMILES string of the molecule is CC(=O)N(C)C[C@@H]1Oc2ncc(C#CCC3CCCC3)cc2C(=O)N([C@@H](C)CO)C[C@H]1C. The number of aliphatic hydroxyl groups excluding tert-OH is 1. The van der Waals surface area contributed by atoms with E-state index in [4.69, 9.17) is 4.74 Å². The minimum atomic E-state index is -0.348. The van der Waals surface area contributed by atoms with Crippen molar-refractivity contribution in [2.24, 2.45) is 11.8 Å². The highest BCUT2D eigenvalue weighted by molar-refractivity contribution is 5.97. The molecule has 1 aliphatic heterocycles. The van der Waals surface area contributed by atoms with Gasteiger partial charge >= 0.3 is 0 Å². The number of fused-ring (bicyclic) bond motifs is 1. The maximum Gasteiger partial charge on any atom is 0.259 e. The van der Waals surface area contributed by atoms with Gasteiger partial charge in [-0.3, -0.25) is 9.59 Å². The maximum atomic E-state index is 13.4. The van der Waals surface area contributed by atoms with Gasteiger partial charge in [-0.25, -0.2) is 4.98 Å². The van der Waals surface area contributed by atoms with Gasteiger partial charge in [-0.05, 0) is 31.7 Å². The van der Waals surface area contributed by atoms with Crippen LogP contribution in [-0.2, 0) is 4.79 Å². The van der Waals surface area contributed by atoms with Crippen LogP contribution in [0.15, 0.2) is 12.3 Å². The minimum absolute atomic E-state index is 0.0550. The topological polar surface area (TPSA) is 83.0 Å². The van der Waals surface area contributed by atoms with Crippen LogP contribution in [0.25, 0.3) is 0 Å². The second-order valence-electron chi connectivity index (χ2n) is 9.26. The Labute approximate surface area is 191 Å². The molecule has 2 aliphatic rings. The fourth-order valence-electron chi connectivity index (χ4n) is 4.30. The van der Waals surface area contributed by atoms with E-state index in [9.17, 15) is 14.7 Å². The molecule has 174 valence electrons. The second kappa shape index (κ2) is 10.8. The van der Waals surface area contributed by atoms with Crippen LogP contribution < -0.4 is 4.74 Å². The van der Waals surface area contributed by atoms with Crippen molar-refractivity contribution < 1.29 is 19.4 Å². The average Bonchev–Trinajstić information content (AvgIpc) is 3.29. The van der Waals surface area contributed by atoms with E-state index in [2.05, 4.69) is 16.8 Å². The van der Waals surface area contributed by atoms with Gasteiger partial charge in [-0.1, -0.05) is 31.6 Å². The smallest absolute Gasteiger partial charge is 0.259 e. The lowest BCUT2D eigenvalue weighted by atomic mass is 10.00. The maximum absolute atomic E-state index is 13.4. The number of nitrogens with zero attached hydrogens (tertiary/aromatic N) is 3. The van der Waals surface area contributed by atoms with Crippen LogP contribution in [-0.4, -0.2) is 70.6 Å². The summed E-state index contributed by atoms with van der Waals surface area (Å²) in [5, 5.41) is 9.74. The van der Waals surface area contributed by atoms with E-state index in [1.165, 1.54) is 32.6 Å². The van der Waals surface area contributed by atoms with Crippen LogP contribution in [0, 0.1) is 23.7 Å². The third-order valence-corrected chi connectivity index (χ3v) is 6.61. The van der Waals surface area contributed by atoms with Gasteiger partial charge in [-0.2, -0.15) is 0 Å². The van der Waals surface area contributed by atoms with Crippen molar-refractivity contribution in [2.75, 3.05) is 26.7 Å². The highest BCUT2D eigenvalue weighted by atomic mass is 16.5. The van der Waals surface area contributed by atoms with E-state index in [0.29, 0.717) is 30.1 Å². The average molecular weight is 442 g/mol. The number of likely N-dealkylation sites (N-methyl/N-ethyl adjacent to an activating group) is 1. The Morgan fingerprint density at radius 1 is 1.41 bits per heavy atom. The Kier molecular flexibility index (Phi) is 8.14. The van der Waals surface area contributed by atoms with Crippen molar-refractivity contribution in [1.82, 2.24) is 14.8 Å². The van der Waals surface area contributed by atoms with Gasteiger partial charge in [0.2, 0.25) is 11.8 Å². The van der Waals surface area contributed by atoms with E-state index in [1.807, 2.05) is 13.8 Å². The molecule has 7 nitrogen and oxygen atoms in total. The zero-order valence-electron chi connectivity index (χ0n) is 19.6. The molecule has 2 heterocycles. The van der Waals surface area contributed by atoms with E-state index in [-0.39, 0.29) is 42.4 Å². The number of carbonyl (C=O) groups is 2. The van der Waals surface area contributed by atoms with E-state index in [1.54, 1.807) is 29.1 Å². The third-order valence-electron chi connectivity index (χ3n) is 6.61. The molecule has 1 N–H and O–H groups in total. The standard InChI is InChI=1S/C25H35N3O4/c1-17-14-28(18(2)16-29)25(31)22-12-21(11-7-10-20-8-5-6-9-20)13-26-24(22)32-23(17)15-27(4)19(3)30/h12-13,17-18,20,23,29H,5-6,8-10,14-16H2,1-4H3/t17-,18+,23+/m1/s1. The molecule has 0 spiro atoms. The molecule has 1 fully saturated rings. The largest absolute Gasteiger partial charge is 0.472 e. The Morgan fingerprint density at radius 2 is 2.12 bits per heavy atom. The fraction of sp³-hybridized carbons (Fsp3) is 0.640. The summed E-state index contributed by atoms with van der Waals surface area (Å²) in [4.78, 5) is 32.9. The molecule has 32 heavy (non-hydrogen) atoms. The lowest BCUT2D eigenvalue weighted by molar-refractivity contribution is -0.129. The summed E-state index contributed by atoms with van der Waals surface area (Å²) in [5.41, 5.74) is 1.03. The zero-order chi connectivity index (χ0) is 23.3. The summed E-state index contributed by atoms with van der Waals surface area (Å²) in [5.74, 6) is 7.00. The zero-order valence-corrected chi connectivity index (χ0v) is 19.6. The van der Waals surface area contributed by atoms with Crippen molar-refractivity contribution in [3.63, 3.8) is 0 Å². The Hall–Kier alpha value is -2.59. The van der Waals surface area contributed by atoms with Crippen molar-refractivity contribution in [3.05, 3.63) is 23.4 Å². The molecule has 1 aromatic heterocycles. The molecule has 0 radical (unpaired) electrons. The first-order valence-corrected chi connectivity index (χ1v) is 11.6. The lowest BCUT2D eigenvalue weighted by Gasteiger charge is -2.37. The first kappa shape index (κ1) is 24.1. The number of pyridine rings is 1. The minimum Gasteiger partial charge on any atom is -0.472 e. The Balaban J connectivity index is 1.91. The molecular weight excluding hydrogens is 406 g/mol. The molecule has 1 saturated carbocycles. The lowest BCUT2D eigenvalue weighted by Crippen LogP contribution is -2.50. The number of aliphatic hydroxyl groups is 1. The fourth-order valence-corrected chi connectivity index (χ4v) is 4.30. The van der Waals surface area contributed by atoms with Crippen LogP contribution in [0.2, 0.25) is 0 Å². The summed E-state index contributed by atoms with van der Waals surface area (Å²) >= 11 is 0. The summed E-state index contributed by atoms with van der Waals surface area (Å²) in [6.45, 7) is 5.98. The predicted octanol–water partition coefficient (Wildman–Crippen LogP) is 2.71. The second-order valence-corrected chi connectivity index (χ2v) is 9.26. The quantitative estimate of drug-likeness (QED) is 0.711. The Morgan fingerprint density at radius 3 is 2.78 bits per heavy atom. The first-order chi connectivity index (χ1) is 15.3. The number of hydrogen-bond acceptors (Lipinski definition) is 5. The molecule has 3 atom stereocenters. The number of ether oxygens (including phenoxy) is 1. The van der Waals surface area contributed by atoms with Crippen LogP contribution >= 0.6 is 0 Å².